The molecule has 0 spiro atoms. The van der Waals surface area contributed by atoms with Gasteiger partial charge in [-0.15, -0.1) is 0 Å². The van der Waals surface area contributed by atoms with Gasteiger partial charge in [-0.25, -0.2) is 0 Å². The fraction of sp³-hybridized carbons (Fsp3) is 0.833. The van der Waals surface area contributed by atoms with Gasteiger partial charge in [0.25, 0.3) is 0 Å². The second kappa shape index (κ2) is 6.00. The van der Waals surface area contributed by atoms with Crippen LogP contribution in [-0.4, -0.2) is 49.9 Å². The van der Waals surface area contributed by atoms with Gasteiger partial charge >= 0.3 is 0 Å². The number of nitrogens with one attached hydrogen (secondary N) is 2. The largest absolute Gasteiger partial charge is 0.347 e. The summed E-state index contributed by atoms with van der Waals surface area (Å²) in [4.78, 5) is 25.2. The molecule has 0 bridgehead atoms. The minimum absolute atomic E-state index is 0.0254. The summed E-state index contributed by atoms with van der Waals surface area (Å²) in [5, 5.41) is 5.96. The van der Waals surface area contributed by atoms with E-state index in [0.717, 1.165) is 19.4 Å². The van der Waals surface area contributed by atoms with Crippen molar-refractivity contribution in [3.05, 3.63) is 0 Å². The molecule has 0 aromatic carbocycles. The fourth-order valence-electron chi connectivity index (χ4n) is 1.93. The first-order chi connectivity index (χ1) is 7.99. The Morgan fingerprint density at radius 2 is 2.18 bits per heavy atom. The van der Waals surface area contributed by atoms with Crippen molar-refractivity contribution in [3.63, 3.8) is 0 Å². The summed E-state index contributed by atoms with van der Waals surface area (Å²) in [6, 6.07) is 0. The van der Waals surface area contributed by atoms with Crippen molar-refractivity contribution >= 4 is 11.8 Å². The molecule has 1 rings (SSSR count). The Labute approximate surface area is 103 Å². The quantitative estimate of drug-likeness (QED) is 0.726. The second-order valence-corrected chi connectivity index (χ2v) is 4.93. The van der Waals surface area contributed by atoms with Gasteiger partial charge in [0.2, 0.25) is 11.8 Å². The van der Waals surface area contributed by atoms with Crippen molar-refractivity contribution in [3.8, 4) is 0 Å². The molecule has 0 aromatic rings. The molecule has 0 aromatic heterocycles. The first kappa shape index (κ1) is 14.0. The minimum atomic E-state index is -0.372. The summed E-state index contributed by atoms with van der Waals surface area (Å²) in [6.07, 6.45) is 1.89. The molecule has 1 aliphatic heterocycles. The molecular formula is C12H23N3O2. The normalized spacial score (nSPS) is 24.2. The lowest BCUT2D eigenvalue weighted by molar-refractivity contribution is -0.135. The first-order valence-corrected chi connectivity index (χ1v) is 6.22. The van der Waals surface area contributed by atoms with E-state index in [0.29, 0.717) is 13.1 Å². The molecule has 98 valence electrons. The van der Waals surface area contributed by atoms with E-state index in [1.54, 1.807) is 11.9 Å². The maximum atomic E-state index is 12.0. The van der Waals surface area contributed by atoms with Crippen LogP contribution in [0.1, 0.15) is 26.7 Å². The maximum absolute atomic E-state index is 12.0. The van der Waals surface area contributed by atoms with E-state index in [1.165, 1.54) is 0 Å². The van der Waals surface area contributed by atoms with Crippen molar-refractivity contribution in [1.29, 1.82) is 0 Å². The fourth-order valence-corrected chi connectivity index (χ4v) is 1.93. The smallest absolute Gasteiger partial charge is 0.241 e. The van der Waals surface area contributed by atoms with Crippen molar-refractivity contribution in [1.82, 2.24) is 15.5 Å². The summed E-state index contributed by atoms with van der Waals surface area (Å²) in [5.74, 6) is -0.0734. The van der Waals surface area contributed by atoms with Gasteiger partial charge in [0.05, 0.1) is 12.0 Å². The topological polar surface area (TPSA) is 61.4 Å². The molecular weight excluding hydrogens is 218 g/mol. The Kier molecular flexibility index (Phi) is 4.93. The van der Waals surface area contributed by atoms with E-state index in [1.807, 2.05) is 13.8 Å². The SMILES string of the molecule is CCN(C)C(=O)CNC(=O)C1(C)CCCNC1. The Morgan fingerprint density at radius 1 is 1.47 bits per heavy atom. The van der Waals surface area contributed by atoms with Gasteiger partial charge in [-0.3, -0.25) is 9.59 Å². The van der Waals surface area contributed by atoms with Crippen LogP contribution < -0.4 is 10.6 Å². The lowest BCUT2D eigenvalue weighted by atomic mass is 9.82. The van der Waals surface area contributed by atoms with Gasteiger partial charge < -0.3 is 15.5 Å². The van der Waals surface area contributed by atoms with Gasteiger partial charge in [-0.05, 0) is 33.2 Å². The molecule has 1 heterocycles. The number of rotatable bonds is 4. The Balaban J connectivity index is 2.41. The molecule has 5 heteroatoms. The van der Waals surface area contributed by atoms with Gasteiger partial charge in [-0.2, -0.15) is 0 Å². The van der Waals surface area contributed by atoms with Crippen molar-refractivity contribution < 1.29 is 9.59 Å². The number of likely N-dealkylation sites (N-methyl/N-ethyl adjacent to an activating group) is 1. The van der Waals surface area contributed by atoms with Crippen LogP contribution in [-0.2, 0) is 9.59 Å². The summed E-state index contributed by atoms with van der Waals surface area (Å²) in [6.45, 7) is 6.28. The van der Waals surface area contributed by atoms with Crippen LogP contribution in [0.3, 0.4) is 0 Å². The zero-order valence-corrected chi connectivity index (χ0v) is 11.0. The molecule has 2 amide bonds. The third kappa shape index (κ3) is 3.70. The molecule has 1 fully saturated rings. The highest BCUT2D eigenvalue weighted by molar-refractivity contribution is 5.87. The number of carbonyl (C=O) groups is 2. The maximum Gasteiger partial charge on any atom is 0.241 e. The highest BCUT2D eigenvalue weighted by Gasteiger charge is 2.34. The van der Waals surface area contributed by atoms with Crippen LogP contribution >= 0.6 is 0 Å². The van der Waals surface area contributed by atoms with Crippen LogP contribution in [0.5, 0.6) is 0 Å². The van der Waals surface area contributed by atoms with Crippen LogP contribution in [0.4, 0.5) is 0 Å². The summed E-state index contributed by atoms with van der Waals surface area (Å²) >= 11 is 0. The van der Waals surface area contributed by atoms with Gasteiger partial charge in [-0.1, -0.05) is 0 Å². The van der Waals surface area contributed by atoms with E-state index >= 15 is 0 Å². The summed E-state index contributed by atoms with van der Waals surface area (Å²) in [7, 11) is 1.73. The molecule has 0 saturated carbocycles. The molecule has 1 saturated heterocycles. The Hall–Kier alpha value is -1.10. The van der Waals surface area contributed by atoms with Crippen LogP contribution in [0.2, 0.25) is 0 Å². The summed E-state index contributed by atoms with van der Waals surface area (Å²) in [5.41, 5.74) is -0.372. The monoisotopic (exact) mass is 241 g/mol. The average Bonchev–Trinajstić information content (AvgIpc) is 2.35. The predicted octanol–water partition coefficient (Wildman–Crippen LogP) is -0.0294. The number of piperidine rings is 1. The van der Waals surface area contributed by atoms with Crippen LogP contribution in [0.25, 0.3) is 0 Å². The third-order valence-corrected chi connectivity index (χ3v) is 3.45. The lowest BCUT2D eigenvalue weighted by Crippen LogP contribution is -2.50. The number of nitrogens with zero attached hydrogens (tertiary/aromatic N) is 1. The number of amides is 2. The lowest BCUT2D eigenvalue weighted by Gasteiger charge is -2.32. The highest BCUT2D eigenvalue weighted by atomic mass is 16.2. The number of hydrogen-bond donors (Lipinski definition) is 2. The molecule has 2 N–H and O–H groups in total. The summed E-state index contributed by atoms with van der Waals surface area (Å²) < 4.78 is 0. The average molecular weight is 241 g/mol. The first-order valence-electron chi connectivity index (χ1n) is 6.22. The highest BCUT2D eigenvalue weighted by Crippen LogP contribution is 2.25. The van der Waals surface area contributed by atoms with E-state index in [2.05, 4.69) is 10.6 Å². The zero-order chi connectivity index (χ0) is 12.9. The van der Waals surface area contributed by atoms with Crippen molar-refractivity contribution in [2.24, 2.45) is 5.41 Å². The Morgan fingerprint density at radius 3 is 2.71 bits per heavy atom. The molecule has 0 aliphatic carbocycles. The predicted molar refractivity (Wildman–Crippen MR) is 66.5 cm³/mol. The van der Waals surface area contributed by atoms with E-state index < -0.39 is 0 Å². The standard InChI is InChI=1S/C12H23N3O2/c1-4-15(3)10(16)8-14-11(17)12(2)6-5-7-13-9-12/h13H,4-9H2,1-3H3,(H,14,17). The van der Waals surface area contributed by atoms with Crippen LogP contribution in [0, 0.1) is 5.41 Å². The molecule has 0 radical (unpaired) electrons. The van der Waals surface area contributed by atoms with E-state index in [4.69, 9.17) is 0 Å². The number of carbonyl (C=O) groups excluding carboxylic acids is 2. The van der Waals surface area contributed by atoms with Gasteiger partial charge in [0.1, 0.15) is 0 Å². The third-order valence-electron chi connectivity index (χ3n) is 3.45. The molecule has 1 unspecified atom stereocenters. The van der Waals surface area contributed by atoms with Crippen molar-refractivity contribution in [2.75, 3.05) is 33.2 Å². The molecule has 5 nitrogen and oxygen atoms in total. The minimum Gasteiger partial charge on any atom is -0.347 e. The van der Waals surface area contributed by atoms with Crippen molar-refractivity contribution in [2.45, 2.75) is 26.7 Å². The van der Waals surface area contributed by atoms with E-state index in [-0.39, 0.29) is 23.8 Å². The van der Waals surface area contributed by atoms with Crippen LogP contribution in [0.15, 0.2) is 0 Å². The van der Waals surface area contributed by atoms with E-state index in [9.17, 15) is 9.59 Å². The molecule has 17 heavy (non-hydrogen) atoms. The molecule has 1 atom stereocenters. The Bertz CT molecular complexity index is 285. The zero-order valence-electron chi connectivity index (χ0n) is 11.0. The second-order valence-electron chi connectivity index (χ2n) is 4.93. The van der Waals surface area contributed by atoms with Gasteiger partial charge in [0, 0.05) is 20.1 Å². The molecule has 1 aliphatic rings. The number of hydrogen-bond acceptors (Lipinski definition) is 3. The van der Waals surface area contributed by atoms with Gasteiger partial charge in [0.15, 0.2) is 0 Å².